The van der Waals surface area contributed by atoms with Crippen molar-refractivity contribution in [3.8, 4) is 11.5 Å². The molecule has 5 nitrogen and oxygen atoms in total. The third-order valence-electron chi connectivity index (χ3n) is 5.99. The molecule has 1 aliphatic heterocycles. The molecule has 6 heteroatoms. The van der Waals surface area contributed by atoms with Crippen LogP contribution in [0.2, 0.25) is 0 Å². The molecule has 0 unspecified atom stereocenters. The van der Waals surface area contributed by atoms with Crippen LogP contribution in [0.1, 0.15) is 35.7 Å². The minimum absolute atomic E-state index is 0.156. The van der Waals surface area contributed by atoms with E-state index in [9.17, 15) is 14.0 Å². The number of carbonyl (C=O) groups is 2. The molecule has 0 saturated heterocycles. The summed E-state index contributed by atoms with van der Waals surface area (Å²) in [5, 5.41) is 2.94. The number of anilines is 2. The molecule has 5 rings (SSSR count). The Morgan fingerprint density at radius 2 is 1.81 bits per heavy atom. The predicted molar refractivity (Wildman–Crippen MR) is 116 cm³/mol. The maximum Gasteiger partial charge on any atom is 0.262 e. The molecule has 3 aromatic carbocycles. The molecule has 156 valence electrons. The van der Waals surface area contributed by atoms with E-state index in [1.54, 1.807) is 35.2 Å². The first kappa shape index (κ1) is 19.3. The van der Waals surface area contributed by atoms with E-state index >= 15 is 0 Å². The molecule has 0 bridgehead atoms. The molecular weight excluding hydrogens is 395 g/mol. The number of carbonyl (C=O) groups excluding carboxylic acids is 2. The van der Waals surface area contributed by atoms with Crippen LogP contribution < -0.4 is 15.0 Å². The molecule has 1 N–H and O–H groups in total. The number of rotatable bonds is 4. The van der Waals surface area contributed by atoms with Crippen molar-refractivity contribution < 1.29 is 18.7 Å². The standard InChI is InChI=1S/C25H21FN2O3/c1-2-28-20-5-3-4-6-22(20)31-21-12-11-18(15-19(21)23(28)29)27-24(30)25(13-14-25)16-7-9-17(26)10-8-16/h3-12,15H,2,13-14H2,1H3,(H,27,30). The van der Waals surface area contributed by atoms with Gasteiger partial charge in [0.05, 0.1) is 16.7 Å². The number of hydrogen-bond donors (Lipinski definition) is 1. The van der Waals surface area contributed by atoms with Gasteiger partial charge in [0.15, 0.2) is 5.75 Å². The lowest BCUT2D eigenvalue weighted by atomic mass is 9.95. The number of nitrogens with one attached hydrogen (secondary N) is 1. The fraction of sp³-hybridized carbons (Fsp3) is 0.200. The van der Waals surface area contributed by atoms with E-state index in [2.05, 4.69) is 5.32 Å². The number of fused-ring (bicyclic) bond motifs is 2. The number of benzene rings is 3. The highest BCUT2D eigenvalue weighted by Crippen LogP contribution is 2.49. The van der Waals surface area contributed by atoms with Crippen LogP contribution in [0.3, 0.4) is 0 Å². The van der Waals surface area contributed by atoms with Crippen LogP contribution >= 0.6 is 0 Å². The largest absolute Gasteiger partial charge is 0.454 e. The second-order valence-corrected chi connectivity index (χ2v) is 7.87. The SMILES string of the molecule is CCN1C(=O)c2cc(NC(=O)C3(c4ccc(F)cc4)CC3)ccc2Oc2ccccc21. The van der Waals surface area contributed by atoms with Crippen LogP contribution in [0.4, 0.5) is 15.8 Å². The molecule has 3 aromatic rings. The average Bonchev–Trinajstić information content (AvgIpc) is 3.59. The molecule has 2 amide bonds. The van der Waals surface area contributed by atoms with Crippen molar-refractivity contribution >= 4 is 23.2 Å². The molecule has 31 heavy (non-hydrogen) atoms. The summed E-state index contributed by atoms with van der Waals surface area (Å²) >= 11 is 0. The zero-order valence-electron chi connectivity index (χ0n) is 17.0. The third kappa shape index (κ3) is 3.24. The first-order chi connectivity index (χ1) is 15.0. The molecule has 1 heterocycles. The molecule has 1 fully saturated rings. The smallest absolute Gasteiger partial charge is 0.262 e. The van der Waals surface area contributed by atoms with E-state index in [1.807, 2.05) is 31.2 Å². The van der Waals surface area contributed by atoms with Crippen molar-refractivity contribution in [3.05, 3.63) is 83.7 Å². The Morgan fingerprint density at radius 3 is 2.52 bits per heavy atom. The summed E-state index contributed by atoms with van der Waals surface area (Å²) in [7, 11) is 0. The number of halogens is 1. The quantitative estimate of drug-likeness (QED) is 0.630. The average molecular weight is 416 g/mol. The summed E-state index contributed by atoms with van der Waals surface area (Å²) in [6.07, 6.45) is 1.41. The van der Waals surface area contributed by atoms with E-state index < -0.39 is 5.41 Å². The number of nitrogens with zero attached hydrogens (tertiary/aromatic N) is 1. The molecule has 2 aliphatic rings. The minimum Gasteiger partial charge on any atom is -0.454 e. The van der Waals surface area contributed by atoms with Gasteiger partial charge in [0, 0.05) is 12.2 Å². The summed E-state index contributed by atoms with van der Waals surface area (Å²) in [4.78, 5) is 28.0. The Bertz CT molecular complexity index is 1190. The van der Waals surface area contributed by atoms with Crippen molar-refractivity contribution in [2.24, 2.45) is 0 Å². The van der Waals surface area contributed by atoms with Crippen molar-refractivity contribution in [1.82, 2.24) is 0 Å². The lowest BCUT2D eigenvalue weighted by Gasteiger charge is -2.20. The molecule has 0 radical (unpaired) electrons. The Hall–Kier alpha value is -3.67. The van der Waals surface area contributed by atoms with Crippen LogP contribution in [-0.4, -0.2) is 18.4 Å². The van der Waals surface area contributed by atoms with Crippen LogP contribution in [0.15, 0.2) is 66.7 Å². The highest BCUT2D eigenvalue weighted by Gasteiger charge is 2.51. The summed E-state index contributed by atoms with van der Waals surface area (Å²) in [5.41, 5.74) is 1.78. The van der Waals surface area contributed by atoms with E-state index in [-0.39, 0.29) is 17.6 Å². The highest BCUT2D eigenvalue weighted by molar-refractivity contribution is 6.11. The zero-order valence-corrected chi connectivity index (χ0v) is 17.0. The van der Waals surface area contributed by atoms with E-state index in [4.69, 9.17) is 4.74 Å². The first-order valence-electron chi connectivity index (χ1n) is 10.3. The highest BCUT2D eigenvalue weighted by atomic mass is 19.1. The number of ether oxygens (including phenoxy) is 1. The molecule has 0 spiro atoms. The van der Waals surface area contributed by atoms with Gasteiger partial charge in [-0.25, -0.2) is 4.39 Å². The second kappa shape index (κ2) is 7.23. The second-order valence-electron chi connectivity index (χ2n) is 7.87. The van der Waals surface area contributed by atoms with Gasteiger partial charge in [0.1, 0.15) is 11.6 Å². The van der Waals surface area contributed by atoms with Gasteiger partial charge in [-0.3, -0.25) is 9.59 Å². The van der Waals surface area contributed by atoms with Crippen molar-refractivity contribution in [1.29, 1.82) is 0 Å². The summed E-state index contributed by atoms with van der Waals surface area (Å²) in [6.45, 7) is 2.40. The van der Waals surface area contributed by atoms with E-state index in [1.165, 1.54) is 12.1 Å². The van der Waals surface area contributed by atoms with Crippen LogP contribution in [0.25, 0.3) is 0 Å². The Morgan fingerprint density at radius 1 is 1.06 bits per heavy atom. The number of para-hydroxylation sites is 2. The molecule has 0 atom stereocenters. The van der Waals surface area contributed by atoms with Gasteiger partial charge in [-0.2, -0.15) is 0 Å². The first-order valence-corrected chi connectivity index (χ1v) is 10.3. The van der Waals surface area contributed by atoms with Gasteiger partial charge in [0.25, 0.3) is 5.91 Å². The van der Waals surface area contributed by atoms with Crippen molar-refractivity contribution in [2.45, 2.75) is 25.2 Å². The summed E-state index contributed by atoms with van der Waals surface area (Å²) in [5.74, 6) is 0.396. The molecule has 0 aromatic heterocycles. The fourth-order valence-corrected chi connectivity index (χ4v) is 4.11. The van der Waals surface area contributed by atoms with Crippen molar-refractivity contribution in [3.63, 3.8) is 0 Å². The lowest BCUT2D eigenvalue weighted by Crippen LogP contribution is -2.30. The Labute approximate surface area is 179 Å². The monoisotopic (exact) mass is 416 g/mol. The fourth-order valence-electron chi connectivity index (χ4n) is 4.11. The summed E-state index contributed by atoms with van der Waals surface area (Å²) < 4.78 is 19.3. The van der Waals surface area contributed by atoms with Crippen LogP contribution in [-0.2, 0) is 10.2 Å². The van der Waals surface area contributed by atoms with Crippen molar-refractivity contribution in [2.75, 3.05) is 16.8 Å². The summed E-state index contributed by atoms with van der Waals surface area (Å²) in [6, 6.07) is 18.6. The maximum atomic E-state index is 13.3. The maximum absolute atomic E-state index is 13.3. The van der Waals surface area contributed by atoms with Gasteiger partial charge < -0.3 is 15.0 Å². The predicted octanol–water partition coefficient (Wildman–Crippen LogP) is 5.27. The van der Waals surface area contributed by atoms with E-state index in [0.29, 0.717) is 47.8 Å². The van der Waals surface area contributed by atoms with Gasteiger partial charge in [-0.1, -0.05) is 24.3 Å². The Balaban J connectivity index is 1.45. The van der Waals surface area contributed by atoms with E-state index in [0.717, 1.165) is 5.56 Å². The topological polar surface area (TPSA) is 58.6 Å². The minimum atomic E-state index is -0.646. The van der Waals surface area contributed by atoms with Crippen LogP contribution in [0.5, 0.6) is 11.5 Å². The van der Waals surface area contributed by atoms with Gasteiger partial charge >= 0.3 is 0 Å². The third-order valence-corrected chi connectivity index (χ3v) is 5.99. The van der Waals surface area contributed by atoms with Gasteiger partial charge in [0.2, 0.25) is 5.91 Å². The number of amides is 2. The lowest BCUT2D eigenvalue weighted by molar-refractivity contribution is -0.118. The number of hydrogen-bond acceptors (Lipinski definition) is 3. The molecular formula is C25H21FN2O3. The zero-order chi connectivity index (χ0) is 21.6. The molecule has 1 saturated carbocycles. The van der Waals surface area contributed by atoms with Crippen LogP contribution in [0, 0.1) is 5.82 Å². The normalized spacial score (nSPS) is 15.9. The van der Waals surface area contributed by atoms with Gasteiger partial charge in [-0.15, -0.1) is 0 Å². The van der Waals surface area contributed by atoms with Gasteiger partial charge in [-0.05, 0) is 67.8 Å². The molecule has 1 aliphatic carbocycles. The Kier molecular flexibility index (Phi) is 4.50.